The van der Waals surface area contributed by atoms with Crippen molar-refractivity contribution in [3.05, 3.63) is 48.2 Å². The summed E-state index contributed by atoms with van der Waals surface area (Å²) >= 11 is 0. The summed E-state index contributed by atoms with van der Waals surface area (Å²) in [5.74, 6) is -0.234. The van der Waals surface area contributed by atoms with Crippen LogP contribution in [-0.4, -0.2) is 18.4 Å². The van der Waals surface area contributed by atoms with E-state index in [-0.39, 0.29) is 11.6 Å². The Balaban J connectivity index is 2.28. The van der Waals surface area contributed by atoms with Gasteiger partial charge in [-0.1, -0.05) is 18.2 Å². The van der Waals surface area contributed by atoms with E-state index in [4.69, 9.17) is 4.74 Å². The highest BCUT2D eigenvalue weighted by atomic mass is 19.4. The monoisotopic (exact) mass is 298 g/mol. The molecule has 0 amide bonds. The van der Waals surface area contributed by atoms with Crippen molar-refractivity contribution >= 4 is 0 Å². The number of alkyl halides is 3. The molecule has 2 aromatic rings. The molecule has 1 aromatic carbocycles. The lowest BCUT2D eigenvalue weighted by Gasteiger charge is -2.14. The maximum atomic E-state index is 12.4. The zero-order valence-corrected chi connectivity index (χ0v) is 11.1. The van der Waals surface area contributed by atoms with Crippen LogP contribution in [0.25, 0.3) is 0 Å². The number of para-hydroxylation sites is 2. The molecule has 0 unspecified atom stereocenters. The Bertz CT molecular complexity index is 603. The lowest BCUT2D eigenvalue weighted by molar-refractivity contribution is -0.275. The molecule has 2 rings (SSSR count). The second-order valence-electron chi connectivity index (χ2n) is 4.09. The first-order valence-electron chi connectivity index (χ1n) is 6.11. The largest absolute Gasteiger partial charge is 0.573 e. The van der Waals surface area contributed by atoms with Crippen molar-refractivity contribution in [3.8, 4) is 17.4 Å². The standard InChI is InChI=1S/C14H13F3N2O2/c1-18-9-10-5-4-8-19-13(10)20-11-6-2-3-7-12(11)21-14(15,16)17/h2-8,18H,9H2,1H3. The summed E-state index contributed by atoms with van der Waals surface area (Å²) in [5, 5.41) is 2.93. The highest BCUT2D eigenvalue weighted by Crippen LogP contribution is 2.35. The van der Waals surface area contributed by atoms with Crippen molar-refractivity contribution < 1.29 is 22.6 Å². The number of hydrogen-bond acceptors (Lipinski definition) is 4. The van der Waals surface area contributed by atoms with E-state index >= 15 is 0 Å². The summed E-state index contributed by atoms with van der Waals surface area (Å²) in [6.07, 6.45) is -3.28. The SMILES string of the molecule is CNCc1cccnc1Oc1ccccc1OC(F)(F)F. The first-order chi connectivity index (χ1) is 9.99. The predicted molar refractivity (Wildman–Crippen MR) is 70.2 cm³/mol. The number of nitrogens with zero attached hydrogens (tertiary/aromatic N) is 1. The number of nitrogens with one attached hydrogen (secondary N) is 1. The molecule has 1 aromatic heterocycles. The van der Waals surface area contributed by atoms with Crippen LogP contribution in [0, 0.1) is 0 Å². The molecule has 4 nitrogen and oxygen atoms in total. The molecule has 0 aliphatic heterocycles. The topological polar surface area (TPSA) is 43.4 Å². The third-order valence-electron chi connectivity index (χ3n) is 2.50. The van der Waals surface area contributed by atoms with Gasteiger partial charge in [0.15, 0.2) is 11.5 Å². The molecule has 0 bridgehead atoms. The molecule has 0 atom stereocenters. The normalized spacial score (nSPS) is 11.2. The van der Waals surface area contributed by atoms with Crippen LogP contribution in [0.4, 0.5) is 13.2 Å². The highest BCUT2D eigenvalue weighted by molar-refractivity contribution is 5.43. The van der Waals surface area contributed by atoms with Crippen LogP contribution in [0.1, 0.15) is 5.56 Å². The van der Waals surface area contributed by atoms with Crippen LogP contribution < -0.4 is 14.8 Å². The van der Waals surface area contributed by atoms with Crippen LogP contribution in [0.2, 0.25) is 0 Å². The van der Waals surface area contributed by atoms with Gasteiger partial charge in [0, 0.05) is 18.3 Å². The van der Waals surface area contributed by atoms with Gasteiger partial charge < -0.3 is 14.8 Å². The Morgan fingerprint density at radius 1 is 1.10 bits per heavy atom. The first-order valence-corrected chi connectivity index (χ1v) is 6.11. The van der Waals surface area contributed by atoms with E-state index < -0.39 is 12.1 Å². The third kappa shape index (κ3) is 4.35. The molecule has 21 heavy (non-hydrogen) atoms. The number of rotatable bonds is 5. The fourth-order valence-corrected chi connectivity index (χ4v) is 1.69. The fraction of sp³-hybridized carbons (Fsp3) is 0.214. The molecule has 0 spiro atoms. The van der Waals surface area contributed by atoms with Crippen LogP contribution >= 0.6 is 0 Å². The second kappa shape index (κ2) is 6.45. The smallest absolute Gasteiger partial charge is 0.435 e. The van der Waals surface area contributed by atoms with E-state index in [0.717, 1.165) is 5.56 Å². The minimum absolute atomic E-state index is 0.0501. The number of benzene rings is 1. The maximum absolute atomic E-state index is 12.4. The van der Waals surface area contributed by atoms with Crippen molar-refractivity contribution in [2.75, 3.05) is 7.05 Å². The summed E-state index contributed by atoms with van der Waals surface area (Å²) in [5.41, 5.74) is 0.724. The zero-order chi connectivity index (χ0) is 15.3. The van der Waals surface area contributed by atoms with Crippen molar-refractivity contribution in [1.29, 1.82) is 0 Å². The number of aromatic nitrogens is 1. The Morgan fingerprint density at radius 2 is 1.81 bits per heavy atom. The molecular formula is C14H13F3N2O2. The number of hydrogen-bond donors (Lipinski definition) is 1. The number of pyridine rings is 1. The van der Waals surface area contributed by atoms with Crippen molar-refractivity contribution in [2.45, 2.75) is 12.9 Å². The van der Waals surface area contributed by atoms with E-state index in [9.17, 15) is 13.2 Å². The van der Waals surface area contributed by atoms with Crippen LogP contribution in [0.3, 0.4) is 0 Å². The molecular weight excluding hydrogens is 285 g/mol. The van der Waals surface area contributed by atoms with Crippen molar-refractivity contribution in [3.63, 3.8) is 0 Å². The van der Waals surface area contributed by atoms with Gasteiger partial charge in [-0.25, -0.2) is 4.98 Å². The molecule has 0 aliphatic carbocycles. The predicted octanol–water partition coefficient (Wildman–Crippen LogP) is 3.49. The minimum Gasteiger partial charge on any atom is -0.435 e. The Labute approximate surface area is 119 Å². The highest BCUT2D eigenvalue weighted by Gasteiger charge is 2.32. The Kier molecular flexibility index (Phi) is 4.64. The summed E-state index contributed by atoms with van der Waals surface area (Å²) < 4.78 is 46.5. The van der Waals surface area contributed by atoms with Crippen LogP contribution in [0.5, 0.6) is 17.4 Å². The van der Waals surface area contributed by atoms with Crippen molar-refractivity contribution in [1.82, 2.24) is 10.3 Å². The lowest BCUT2D eigenvalue weighted by atomic mass is 10.2. The Hall–Kier alpha value is -2.28. The molecule has 7 heteroatoms. The summed E-state index contributed by atoms with van der Waals surface area (Å²) in [4.78, 5) is 4.03. The van der Waals surface area contributed by atoms with Gasteiger partial charge in [0.05, 0.1) is 0 Å². The molecule has 112 valence electrons. The Morgan fingerprint density at radius 3 is 2.48 bits per heavy atom. The quantitative estimate of drug-likeness (QED) is 0.917. The van der Waals surface area contributed by atoms with Gasteiger partial charge >= 0.3 is 6.36 Å². The van der Waals surface area contributed by atoms with Gasteiger partial charge in [-0.15, -0.1) is 13.2 Å². The number of halogens is 3. The van der Waals surface area contributed by atoms with E-state index in [1.165, 1.54) is 24.4 Å². The van der Waals surface area contributed by atoms with E-state index in [2.05, 4.69) is 15.0 Å². The zero-order valence-electron chi connectivity index (χ0n) is 11.1. The average molecular weight is 298 g/mol. The first kappa shape index (κ1) is 15.1. The van der Waals surface area contributed by atoms with Gasteiger partial charge in [0.25, 0.3) is 0 Å². The molecule has 0 aliphatic rings. The van der Waals surface area contributed by atoms with Crippen LogP contribution in [0.15, 0.2) is 42.6 Å². The molecule has 0 fully saturated rings. The summed E-state index contributed by atoms with van der Waals surface area (Å²) in [7, 11) is 1.75. The van der Waals surface area contributed by atoms with Gasteiger partial charge in [-0.05, 0) is 25.2 Å². The molecule has 0 saturated heterocycles. The fourth-order valence-electron chi connectivity index (χ4n) is 1.69. The lowest BCUT2D eigenvalue weighted by Crippen LogP contribution is -2.17. The third-order valence-corrected chi connectivity index (χ3v) is 2.50. The molecule has 1 heterocycles. The second-order valence-corrected chi connectivity index (χ2v) is 4.09. The van der Waals surface area contributed by atoms with E-state index in [0.29, 0.717) is 6.54 Å². The van der Waals surface area contributed by atoms with E-state index in [1.807, 2.05) is 0 Å². The maximum Gasteiger partial charge on any atom is 0.573 e. The summed E-state index contributed by atoms with van der Waals surface area (Å²) in [6.45, 7) is 0.478. The van der Waals surface area contributed by atoms with Gasteiger partial charge in [-0.3, -0.25) is 0 Å². The van der Waals surface area contributed by atoms with Crippen molar-refractivity contribution in [2.24, 2.45) is 0 Å². The average Bonchev–Trinajstić information content (AvgIpc) is 2.42. The van der Waals surface area contributed by atoms with Gasteiger partial charge in [-0.2, -0.15) is 0 Å². The van der Waals surface area contributed by atoms with Crippen LogP contribution in [-0.2, 0) is 6.54 Å². The van der Waals surface area contributed by atoms with E-state index in [1.54, 1.807) is 25.2 Å². The van der Waals surface area contributed by atoms with Gasteiger partial charge in [0.2, 0.25) is 5.88 Å². The minimum atomic E-state index is -4.78. The number of ether oxygens (including phenoxy) is 2. The summed E-state index contributed by atoms with van der Waals surface area (Å²) in [6, 6.07) is 9.05. The molecule has 0 radical (unpaired) electrons. The molecule has 0 saturated carbocycles. The molecule has 1 N–H and O–H groups in total. The van der Waals surface area contributed by atoms with Gasteiger partial charge in [0.1, 0.15) is 0 Å².